The lowest BCUT2D eigenvalue weighted by Gasteiger charge is -2.29. The molecule has 1 heterocycles. The molecule has 0 spiro atoms. The molecular weight excluding hydrogens is 332 g/mol. The Kier molecular flexibility index (Phi) is 6.50. The van der Waals surface area contributed by atoms with Gasteiger partial charge in [0.05, 0.1) is 19.6 Å². The SMILES string of the molecule is COc1cccc(CNC(=O)C2CCC(NC(=O)C3CCOC3)CC2)c1. The molecule has 6 heteroatoms. The van der Waals surface area contributed by atoms with Crippen LogP contribution in [-0.4, -0.2) is 38.2 Å². The van der Waals surface area contributed by atoms with Gasteiger partial charge in [-0.2, -0.15) is 0 Å². The Morgan fingerprint density at radius 2 is 1.92 bits per heavy atom. The van der Waals surface area contributed by atoms with E-state index in [0.717, 1.165) is 43.4 Å². The van der Waals surface area contributed by atoms with E-state index < -0.39 is 0 Å². The van der Waals surface area contributed by atoms with E-state index in [1.54, 1.807) is 7.11 Å². The Bertz CT molecular complexity index is 620. The number of hydrogen-bond donors (Lipinski definition) is 2. The molecular formula is C20H28N2O4. The Morgan fingerprint density at radius 1 is 1.12 bits per heavy atom. The molecule has 1 saturated heterocycles. The quantitative estimate of drug-likeness (QED) is 0.814. The molecule has 2 fully saturated rings. The first-order valence-electron chi connectivity index (χ1n) is 9.44. The van der Waals surface area contributed by atoms with E-state index in [1.807, 2.05) is 24.3 Å². The number of carbonyl (C=O) groups is 2. The van der Waals surface area contributed by atoms with Crippen molar-refractivity contribution >= 4 is 11.8 Å². The summed E-state index contributed by atoms with van der Waals surface area (Å²) in [5.74, 6) is 1.03. The fourth-order valence-corrected chi connectivity index (χ4v) is 3.68. The number of hydrogen-bond acceptors (Lipinski definition) is 4. The second kappa shape index (κ2) is 9.03. The molecule has 2 N–H and O–H groups in total. The summed E-state index contributed by atoms with van der Waals surface area (Å²) in [6, 6.07) is 7.90. The highest BCUT2D eigenvalue weighted by atomic mass is 16.5. The van der Waals surface area contributed by atoms with Crippen molar-refractivity contribution in [1.82, 2.24) is 10.6 Å². The first kappa shape index (κ1) is 18.7. The molecule has 26 heavy (non-hydrogen) atoms. The predicted octanol–water partition coefficient (Wildman–Crippen LogP) is 2.02. The minimum Gasteiger partial charge on any atom is -0.497 e. The van der Waals surface area contributed by atoms with Gasteiger partial charge in [0.25, 0.3) is 0 Å². The smallest absolute Gasteiger partial charge is 0.225 e. The summed E-state index contributed by atoms with van der Waals surface area (Å²) in [6.45, 7) is 1.72. The average Bonchev–Trinajstić information content (AvgIpc) is 3.22. The van der Waals surface area contributed by atoms with Crippen LogP contribution in [0.15, 0.2) is 24.3 Å². The summed E-state index contributed by atoms with van der Waals surface area (Å²) in [4.78, 5) is 24.6. The summed E-state index contributed by atoms with van der Waals surface area (Å²) >= 11 is 0. The minimum atomic E-state index is -0.00103. The molecule has 0 radical (unpaired) electrons. The molecule has 0 aromatic heterocycles. The van der Waals surface area contributed by atoms with Crippen molar-refractivity contribution in [3.8, 4) is 5.75 Å². The fraction of sp³-hybridized carbons (Fsp3) is 0.600. The molecule has 1 aromatic rings. The third-order valence-corrected chi connectivity index (χ3v) is 5.35. The van der Waals surface area contributed by atoms with E-state index >= 15 is 0 Å². The van der Waals surface area contributed by atoms with Crippen LogP contribution in [0.2, 0.25) is 0 Å². The highest BCUT2D eigenvalue weighted by Gasteiger charge is 2.29. The molecule has 2 amide bonds. The standard InChI is InChI=1S/C20H28N2O4/c1-25-18-4-2-3-14(11-18)12-21-19(23)15-5-7-17(8-6-15)22-20(24)16-9-10-26-13-16/h2-4,11,15-17H,5-10,12-13H2,1H3,(H,21,23)(H,22,24). The Hall–Kier alpha value is -2.08. The third kappa shape index (κ3) is 4.97. The largest absolute Gasteiger partial charge is 0.497 e. The monoisotopic (exact) mass is 360 g/mol. The van der Waals surface area contributed by atoms with Gasteiger partial charge >= 0.3 is 0 Å². The van der Waals surface area contributed by atoms with Crippen molar-refractivity contribution in [3.05, 3.63) is 29.8 Å². The van der Waals surface area contributed by atoms with Crippen LogP contribution in [0, 0.1) is 11.8 Å². The maximum absolute atomic E-state index is 12.4. The van der Waals surface area contributed by atoms with Crippen molar-refractivity contribution in [2.45, 2.75) is 44.7 Å². The maximum Gasteiger partial charge on any atom is 0.225 e. The average molecular weight is 360 g/mol. The Balaban J connectivity index is 1.39. The van der Waals surface area contributed by atoms with Crippen molar-refractivity contribution in [2.75, 3.05) is 20.3 Å². The number of methoxy groups -OCH3 is 1. The Labute approximate surface area is 154 Å². The second-order valence-electron chi connectivity index (χ2n) is 7.19. The van der Waals surface area contributed by atoms with Gasteiger partial charge in [0.15, 0.2) is 0 Å². The van der Waals surface area contributed by atoms with Crippen LogP contribution >= 0.6 is 0 Å². The zero-order valence-corrected chi connectivity index (χ0v) is 15.3. The second-order valence-corrected chi connectivity index (χ2v) is 7.19. The van der Waals surface area contributed by atoms with Gasteiger partial charge in [0.1, 0.15) is 5.75 Å². The van der Waals surface area contributed by atoms with Gasteiger partial charge in [-0.1, -0.05) is 12.1 Å². The highest BCUT2D eigenvalue weighted by Crippen LogP contribution is 2.25. The lowest BCUT2D eigenvalue weighted by Crippen LogP contribution is -2.43. The number of benzene rings is 1. The molecule has 1 aliphatic heterocycles. The van der Waals surface area contributed by atoms with Gasteiger partial charge in [-0.25, -0.2) is 0 Å². The normalized spacial score (nSPS) is 25.5. The third-order valence-electron chi connectivity index (χ3n) is 5.35. The van der Waals surface area contributed by atoms with Gasteiger partial charge in [-0.05, 0) is 49.8 Å². The van der Waals surface area contributed by atoms with Crippen LogP contribution in [0.4, 0.5) is 0 Å². The minimum absolute atomic E-state index is 0.00103. The van der Waals surface area contributed by atoms with Crippen LogP contribution in [0.5, 0.6) is 5.75 Å². The fourth-order valence-electron chi connectivity index (χ4n) is 3.68. The molecule has 6 nitrogen and oxygen atoms in total. The summed E-state index contributed by atoms with van der Waals surface area (Å²) < 4.78 is 10.5. The number of carbonyl (C=O) groups excluding carboxylic acids is 2. The van der Waals surface area contributed by atoms with Gasteiger partial charge in [0, 0.05) is 25.1 Å². The van der Waals surface area contributed by atoms with Crippen molar-refractivity contribution in [2.24, 2.45) is 11.8 Å². The number of rotatable bonds is 6. The van der Waals surface area contributed by atoms with Gasteiger partial charge < -0.3 is 20.1 Å². The molecule has 1 aromatic carbocycles. The molecule has 1 aliphatic carbocycles. The molecule has 142 valence electrons. The predicted molar refractivity (Wildman–Crippen MR) is 97.7 cm³/mol. The van der Waals surface area contributed by atoms with E-state index in [9.17, 15) is 9.59 Å². The number of nitrogens with one attached hydrogen (secondary N) is 2. The van der Waals surface area contributed by atoms with E-state index in [-0.39, 0.29) is 29.7 Å². The maximum atomic E-state index is 12.4. The Morgan fingerprint density at radius 3 is 2.62 bits per heavy atom. The summed E-state index contributed by atoms with van der Waals surface area (Å²) in [5, 5.41) is 6.15. The van der Waals surface area contributed by atoms with Crippen LogP contribution < -0.4 is 15.4 Å². The zero-order valence-electron chi connectivity index (χ0n) is 15.3. The highest BCUT2D eigenvalue weighted by molar-refractivity contribution is 5.80. The van der Waals surface area contributed by atoms with Crippen molar-refractivity contribution in [1.29, 1.82) is 0 Å². The van der Waals surface area contributed by atoms with Gasteiger partial charge in [-0.3, -0.25) is 9.59 Å². The summed E-state index contributed by atoms with van der Waals surface area (Å²) in [5.41, 5.74) is 1.03. The van der Waals surface area contributed by atoms with E-state index in [0.29, 0.717) is 19.8 Å². The topological polar surface area (TPSA) is 76.7 Å². The van der Waals surface area contributed by atoms with Crippen LogP contribution in [0.1, 0.15) is 37.7 Å². The molecule has 1 saturated carbocycles. The molecule has 2 aliphatic rings. The van der Waals surface area contributed by atoms with Crippen molar-refractivity contribution < 1.29 is 19.1 Å². The number of amides is 2. The molecule has 3 rings (SSSR count). The molecule has 1 atom stereocenters. The van der Waals surface area contributed by atoms with E-state index in [4.69, 9.17) is 9.47 Å². The van der Waals surface area contributed by atoms with E-state index in [1.165, 1.54) is 0 Å². The zero-order chi connectivity index (χ0) is 18.4. The lowest BCUT2D eigenvalue weighted by molar-refractivity contribution is -0.127. The summed E-state index contributed by atoms with van der Waals surface area (Å²) in [7, 11) is 1.63. The summed E-state index contributed by atoms with van der Waals surface area (Å²) in [6.07, 6.45) is 4.16. The van der Waals surface area contributed by atoms with Gasteiger partial charge in [0.2, 0.25) is 11.8 Å². The van der Waals surface area contributed by atoms with E-state index in [2.05, 4.69) is 10.6 Å². The van der Waals surface area contributed by atoms with Crippen LogP contribution in [-0.2, 0) is 20.9 Å². The first-order valence-corrected chi connectivity index (χ1v) is 9.44. The van der Waals surface area contributed by atoms with Gasteiger partial charge in [-0.15, -0.1) is 0 Å². The lowest BCUT2D eigenvalue weighted by atomic mass is 9.85. The van der Waals surface area contributed by atoms with Crippen LogP contribution in [0.3, 0.4) is 0 Å². The number of ether oxygens (including phenoxy) is 2. The molecule has 0 bridgehead atoms. The molecule has 1 unspecified atom stereocenters. The van der Waals surface area contributed by atoms with Crippen LogP contribution in [0.25, 0.3) is 0 Å². The first-order chi connectivity index (χ1) is 12.7. The van der Waals surface area contributed by atoms with Crippen molar-refractivity contribution in [3.63, 3.8) is 0 Å².